The van der Waals surface area contributed by atoms with Crippen molar-refractivity contribution in [3.05, 3.63) is 58.8 Å². The van der Waals surface area contributed by atoms with E-state index in [9.17, 15) is 4.79 Å². The molecule has 1 saturated heterocycles. The minimum Gasteiger partial charge on any atom is -0.480 e. The van der Waals surface area contributed by atoms with Crippen molar-refractivity contribution in [2.45, 2.75) is 44.3 Å². The molecule has 0 N–H and O–H groups in total. The van der Waals surface area contributed by atoms with Crippen LogP contribution in [0.2, 0.25) is 0 Å². The highest BCUT2D eigenvalue weighted by molar-refractivity contribution is 5.96. The maximum atomic E-state index is 13.5. The number of methoxy groups -OCH3 is 1. The molecule has 2 atom stereocenters. The lowest BCUT2D eigenvalue weighted by atomic mass is 10.0. The normalized spacial score (nSPS) is 24.1. The molecule has 5 heteroatoms. The van der Waals surface area contributed by atoms with Crippen LogP contribution in [0.5, 0.6) is 5.88 Å². The van der Waals surface area contributed by atoms with Gasteiger partial charge in [0.1, 0.15) is 11.7 Å². The molecule has 0 spiro atoms. The van der Waals surface area contributed by atoms with Crippen LogP contribution in [0.15, 0.2) is 36.4 Å². The number of fused-ring (bicyclic) bond motifs is 1. The minimum atomic E-state index is -0.0853. The molecular weight excluding hydrogens is 352 g/mol. The molecule has 1 amide bonds. The Morgan fingerprint density at radius 3 is 2.75 bits per heavy atom. The summed E-state index contributed by atoms with van der Waals surface area (Å²) in [5.74, 6) is 1.03. The summed E-state index contributed by atoms with van der Waals surface area (Å²) < 4.78 is 11.9. The molecule has 2 heterocycles. The third-order valence-corrected chi connectivity index (χ3v) is 6.17. The smallest absolute Gasteiger partial charge is 0.259 e. The highest BCUT2D eigenvalue weighted by Gasteiger charge is 2.40. The summed E-state index contributed by atoms with van der Waals surface area (Å²) in [5, 5.41) is 0. The summed E-state index contributed by atoms with van der Waals surface area (Å²) in [7, 11) is 1.60. The number of hydrogen-bond donors (Lipinski definition) is 0. The van der Waals surface area contributed by atoms with Gasteiger partial charge in [-0.3, -0.25) is 4.79 Å². The van der Waals surface area contributed by atoms with Crippen LogP contribution >= 0.6 is 0 Å². The SMILES string of the molecule is COc1nc2c(cc1C(=O)N1C[C@@H](c3ccccc3)O[C@@H](C3CC3)C1)CCC2. The minimum absolute atomic E-state index is 0.00827. The Hall–Kier alpha value is -2.40. The number of aromatic nitrogens is 1. The van der Waals surface area contributed by atoms with Gasteiger partial charge in [0.25, 0.3) is 5.91 Å². The zero-order chi connectivity index (χ0) is 19.1. The molecule has 2 aliphatic carbocycles. The summed E-state index contributed by atoms with van der Waals surface area (Å²) in [6, 6.07) is 12.2. The van der Waals surface area contributed by atoms with Crippen LogP contribution in [0.1, 0.15) is 52.5 Å². The molecule has 0 bridgehead atoms. The van der Waals surface area contributed by atoms with Crippen LogP contribution in [-0.4, -0.2) is 42.1 Å². The molecule has 1 aromatic carbocycles. The van der Waals surface area contributed by atoms with Gasteiger partial charge in [0, 0.05) is 12.2 Å². The Balaban J connectivity index is 1.45. The standard InChI is InChI=1S/C23H26N2O3/c1-27-22-18(12-17-8-5-9-19(17)24-22)23(26)25-13-20(15-6-3-2-4-7-15)28-21(14-25)16-10-11-16/h2-4,6-7,12,16,20-21H,5,8-11,13-14H2,1H3/t20-,21+/m0/s1. The van der Waals surface area contributed by atoms with E-state index in [1.807, 2.05) is 29.2 Å². The first-order chi connectivity index (χ1) is 13.7. The second kappa shape index (κ2) is 7.21. The van der Waals surface area contributed by atoms with Crippen molar-refractivity contribution in [1.29, 1.82) is 0 Å². The van der Waals surface area contributed by atoms with Crippen molar-refractivity contribution in [2.24, 2.45) is 5.92 Å². The van der Waals surface area contributed by atoms with Crippen LogP contribution in [0.3, 0.4) is 0 Å². The van der Waals surface area contributed by atoms with Crippen LogP contribution < -0.4 is 4.74 Å². The van der Waals surface area contributed by atoms with Crippen molar-refractivity contribution >= 4 is 5.91 Å². The molecule has 0 radical (unpaired) electrons. The Morgan fingerprint density at radius 1 is 1.18 bits per heavy atom. The zero-order valence-electron chi connectivity index (χ0n) is 16.3. The topological polar surface area (TPSA) is 51.7 Å². The number of carbonyl (C=O) groups is 1. The lowest BCUT2D eigenvalue weighted by molar-refractivity contribution is -0.0864. The van der Waals surface area contributed by atoms with Gasteiger partial charge in [-0.25, -0.2) is 4.98 Å². The molecule has 1 aliphatic heterocycles. The van der Waals surface area contributed by atoms with Gasteiger partial charge in [0.15, 0.2) is 0 Å². The largest absolute Gasteiger partial charge is 0.480 e. The van der Waals surface area contributed by atoms with Gasteiger partial charge in [0.05, 0.1) is 19.8 Å². The fourth-order valence-electron chi connectivity index (χ4n) is 4.47. The summed E-state index contributed by atoms with van der Waals surface area (Å²) in [4.78, 5) is 20.1. The second-order valence-corrected chi connectivity index (χ2v) is 8.13. The van der Waals surface area contributed by atoms with E-state index in [0.717, 1.165) is 30.5 Å². The van der Waals surface area contributed by atoms with E-state index in [-0.39, 0.29) is 18.1 Å². The quantitative estimate of drug-likeness (QED) is 0.816. The van der Waals surface area contributed by atoms with E-state index >= 15 is 0 Å². The van der Waals surface area contributed by atoms with E-state index in [4.69, 9.17) is 9.47 Å². The van der Waals surface area contributed by atoms with Gasteiger partial charge in [-0.2, -0.15) is 0 Å². The molecule has 5 rings (SSSR count). The first kappa shape index (κ1) is 17.7. The van der Waals surface area contributed by atoms with Gasteiger partial charge in [-0.05, 0) is 55.2 Å². The Labute approximate surface area is 165 Å². The number of amides is 1. The van der Waals surface area contributed by atoms with Crippen molar-refractivity contribution in [2.75, 3.05) is 20.2 Å². The predicted molar refractivity (Wildman–Crippen MR) is 105 cm³/mol. The molecule has 3 aliphatic rings. The van der Waals surface area contributed by atoms with E-state index in [1.165, 1.54) is 18.4 Å². The molecule has 2 fully saturated rings. The second-order valence-electron chi connectivity index (χ2n) is 8.13. The molecule has 1 saturated carbocycles. The number of rotatable bonds is 4. The van der Waals surface area contributed by atoms with Gasteiger partial charge < -0.3 is 14.4 Å². The molecular formula is C23H26N2O3. The van der Waals surface area contributed by atoms with Crippen molar-refractivity contribution in [1.82, 2.24) is 9.88 Å². The fraction of sp³-hybridized carbons (Fsp3) is 0.478. The van der Waals surface area contributed by atoms with Crippen LogP contribution in [0.25, 0.3) is 0 Å². The third kappa shape index (κ3) is 3.28. The Bertz CT molecular complexity index is 879. The number of ether oxygens (including phenoxy) is 2. The lowest BCUT2D eigenvalue weighted by Gasteiger charge is -2.38. The van der Waals surface area contributed by atoms with Crippen LogP contribution in [-0.2, 0) is 17.6 Å². The summed E-state index contributed by atoms with van der Waals surface area (Å²) in [6.07, 6.45) is 5.47. The summed E-state index contributed by atoms with van der Waals surface area (Å²) in [5.41, 5.74) is 3.99. The Morgan fingerprint density at radius 2 is 2.00 bits per heavy atom. The van der Waals surface area contributed by atoms with E-state index in [0.29, 0.717) is 30.5 Å². The van der Waals surface area contributed by atoms with Gasteiger partial charge in [0.2, 0.25) is 5.88 Å². The Kier molecular flexibility index (Phi) is 4.55. The van der Waals surface area contributed by atoms with E-state index in [1.54, 1.807) is 7.11 Å². The summed E-state index contributed by atoms with van der Waals surface area (Å²) >= 11 is 0. The highest BCUT2D eigenvalue weighted by Crippen LogP contribution is 2.40. The third-order valence-electron chi connectivity index (χ3n) is 6.17. The fourth-order valence-corrected chi connectivity index (χ4v) is 4.47. The van der Waals surface area contributed by atoms with Gasteiger partial charge >= 0.3 is 0 Å². The number of morpholine rings is 1. The predicted octanol–water partition coefficient (Wildman–Crippen LogP) is 3.57. The van der Waals surface area contributed by atoms with Crippen molar-refractivity contribution in [3.63, 3.8) is 0 Å². The van der Waals surface area contributed by atoms with Gasteiger partial charge in [-0.15, -0.1) is 0 Å². The molecule has 28 heavy (non-hydrogen) atoms. The molecule has 5 nitrogen and oxygen atoms in total. The number of carbonyl (C=O) groups excluding carboxylic acids is 1. The monoisotopic (exact) mass is 378 g/mol. The number of benzene rings is 1. The van der Waals surface area contributed by atoms with Gasteiger partial charge in [-0.1, -0.05) is 30.3 Å². The number of pyridine rings is 1. The average molecular weight is 378 g/mol. The molecule has 1 aromatic heterocycles. The highest BCUT2D eigenvalue weighted by atomic mass is 16.5. The van der Waals surface area contributed by atoms with Crippen LogP contribution in [0, 0.1) is 5.92 Å². The van der Waals surface area contributed by atoms with Crippen molar-refractivity contribution in [3.8, 4) is 5.88 Å². The number of aryl methyl sites for hydroxylation is 2. The number of nitrogens with zero attached hydrogens (tertiary/aromatic N) is 2. The maximum Gasteiger partial charge on any atom is 0.259 e. The van der Waals surface area contributed by atoms with E-state index in [2.05, 4.69) is 17.1 Å². The maximum absolute atomic E-state index is 13.5. The summed E-state index contributed by atoms with van der Waals surface area (Å²) in [6.45, 7) is 1.21. The molecule has 0 unspecified atom stereocenters. The molecule has 146 valence electrons. The van der Waals surface area contributed by atoms with Crippen molar-refractivity contribution < 1.29 is 14.3 Å². The molecule has 2 aromatic rings. The van der Waals surface area contributed by atoms with Crippen LogP contribution in [0.4, 0.5) is 0 Å². The zero-order valence-corrected chi connectivity index (χ0v) is 16.3. The number of hydrogen-bond acceptors (Lipinski definition) is 4. The first-order valence-electron chi connectivity index (χ1n) is 10.3. The lowest BCUT2D eigenvalue weighted by Crippen LogP contribution is -2.47. The van der Waals surface area contributed by atoms with E-state index < -0.39 is 0 Å². The average Bonchev–Trinajstić information content (AvgIpc) is 3.50. The first-order valence-corrected chi connectivity index (χ1v) is 10.3.